The Bertz CT molecular complexity index is 568. The van der Waals surface area contributed by atoms with Crippen molar-refractivity contribution in [2.45, 2.75) is 6.92 Å². The lowest BCUT2D eigenvalue weighted by Crippen LogP contribution is -2.10. The van der Waals surface area contributed by atoms with Gasteiger partial charge in [0, 0.05) is 18.1 Å². The predicted molar refractivity (Wildman–Crippen MR) is 76.4 cm³/mol. The average molecular weight is 281 g/mol. The summed E-state index contributed by atoms with van der Waals surface area (Å²) < 4.78 is 0. The molecule has 0 radical (unpaired) electrons. The summed E-state index contributed by atoms with van der Waals surface area (Å²) in [5.41, 5.74) is 2.67. The van der Waals surface area contributed by atoms with Crippen molar-refractivity contribution >= 4 is 39.5 Å². The van der Waals surface area contributed by atoms with Gasteiger partial charge in [-0.15, -0.1) is 22.9 Å². The van der Waals surface area contributed by atoms with E-state index in [2.05, 4.69) is 11.1 Å². The van der Waals surface area contributed by atoms with Gasteiger partial charge in [-0.3, -0.25) is 4.79 Å². The van der Waals surface area contributed by atoms with Crippen LogP contribution >= 0.6 is 22.9 Å². The minimum Gasteiger partial charge on any atom is -0.321 e. The van der Waals surface area contributed by atoms with E-state index in [9.17, 15) is 4.79 Å². The Hall–Kier alpha value is -1.39. The number of alkyl halides is 1. The van der Waals surface area contributed by atoms with Gasteiger partial charge < -0.3 is 4.90 Å². The summed E-state index contributed by atoms with van der Waals surface area (Å²) in [7, 11) is 1.93. The molecule has 18 heavy (non-hydrogen) atoms. The molecule has 0 amide bonds. The Morgan fingerprint density at radius 1 is 1.50 bits per heavy atom. The van der Waals surface area contributed by atoms with E-state index in [0.29, 0.717) is 5.69 Å². The molecule has 0 aliphatic rings. The molecule has 0 atom stereocenters. The summed E-state index contributed by atoms with van der Waals surface area (Å²) in [5.74, 6) is -0.172. The Balaban J connectivity index is 2.26. The van der Waals surface area contributed by atoms with Gasteiger partial charge in [-0.1, -0.05) is 12.1 Å². The number of benzene rings is 1. The summed E-state index contributed by atoms with van der Waals surface area (Å²) in [6.07, 6.45) is 0. The normalized spacial score (nSPS) is 10.4. The molecular formula is C13H13ClN2OS. The lowest BCUT2D eigenvalue weighted by Gasteiger charge is -2.16. The van der Waals surface area contributed by atoms with Crippen LogP contribution in [-0.2, 0) is 0 Å². The molecule has 0 bridgehead atoms. The molecular weight excluding hydrogens is 268 g/mol. The van der Waals surface area contributed by atoms with Crippen LogP contribution in [0.4, 0.5) is 10.8 Å². The molecule has 0 saturated heterocycles. The predicted octanol–water partition coefficient (Wildman–Crippen LogP) is 3.64. The first-order valence-electron chi connectivity index (χ1n) is 5.47. The average Bonchev–Trinajstić information content (AvgIpc) is 2.86. The van der Waals surface area contributed by atoms with E-state index in [4.69, 9.17) is 11.6 Å². The maximum absolute atomic E-state index is 11.4. The molecule has 3 nitrogen and oxygen atoms in total. The summed E-state index contributed by atoms with van der Waals surface area (Å²) in [6.45, 7) is 2.04. The number of hydrogen-bond donors (Lipinski definition) is 0. The van der Waals surface area contributed by atoms with Crippen LogP contribution in [0.25, 0.3) is 0 Å². The summed E-state index contributed by atoms with van der Waals surface area (Å²) in [6, 6.07) is 8.13. The van der Waals surface area contributed by atoms with Crippen LogP contribution < -0.4 is 4.90 Å². The van der Waals surface area contributed by atoms with Gasteiger partial charge in [-0.2, -0.15) is 0 Å². The van der Waals surface area contributed by atoms with Gasteiger partial charge in [-0.25, -0.2) is 4.98 Å². The smallest absolute Gasteiger partial charge is 0.196 e. The van der Waals surface area contributed by atoms with Crippen molar-refractivity contribution in [2.75, 3.05) is 17.8 Å². The van der Waals surface area contributed by atoms with Crippen molar-refractivity contribution < 1.29 is 4.79 Å². The highest BCUT2D eigenvalue weighted by Gasteiger charge is 2.13. The first kappa shape index (κ1) is 13.1. The molecule has 0 N–H and O–H groups in total. The van der Waals surface area contributed by atoms with E-state index < -0.39 is 0 Å². The zero-order chi connectivity index (χ0) is 13.1. The molecule has 1 aromatic carbocycles. The number of nitrogens with zero attached hydrogens (tertiary/aromatic N) is 2. The van der Waals surface area contributed by atoms with E-state index in [1.54, 1.807) is 5.38 Å². The maximum atomic E-state index is 11.4. The van der Waals surface area contributed by atoms with Crippen LogP contribution in [0, 0.1) is 6.92 Å². The zero-order valence-corrected chi connectivity index (χ0v) is 11.8. The number of thiazole rings is 1. The first-order chi connectivity index (χ1) is 8.61. The Morgan fingerprint density at radius 3 is 2.94 bits per heavy atom. The van der Waals surface area contributed by atoms with Crippen molar-refractivity contribution in [1.82, 2.24) is 4.98 Å². The third kappa shape index (κ3) is 2.71. The van der Waals surface area contributed by atoms with Gasteiger partial charge in [0.1, 0.15) is 5.69 Å². The minimum atomic E-state index is -0.142. The largest absolute Gasteiger partial charge is 0.321 e. The number of Topliss-reactive ketones (excluding diaryl/α,β-unsaturated/α-hetero) is 1. The van der Waals surface area contributed by atoms with Crippen LogP contribution in [0.2, 0.25) is 0 Å². The number of aryl methyl sites for hydroxylation is 1. The zero-order valence-electron chi connectivity index (χ0n) is 10.2. The Morgan fingerprint density at radius 2 is 2.28 bits per heavy atom. The second-order valence-corrected chi connectivity index (χ2v) is 5.07. The molecule has 0 unspecified atom stereocenters. The van der Waals surface area contributed by atoms with Crippen molar-refractivity contribution in [3.8, 4) is 0 Å². The van der Waals surface area contributed by atoms with Crippen LogP contribution in [0.5, 0.6) is 0 Å². The van der Waals surface area contributed by atoms with Gasteiger partial charge >= 0.3 is 0 Å². The molecule has 0 fully saturated rings. The van der Waals surface area contributed by atoms with Crippen LogP contribution in [0.3, 0.4) is 0 Å². The molecule has 0 spiro atoms. The third-order valence-corrected chi connectivity index (χ3v) is 3.73. The van der Waals surface area contributed by atoms with Gasteiger partial charge in [0.25, 0.3) is 0 Å². The standard InChI is InChI=1S/C13H13ClN2OS/c1-9-4-3-5-10(6-9)16(2)13-15-11(8-18-13)12(17)7-14/h3-6,8H,7H2,1-2H3. The lowest BCUT2D eigenvalue weighted by molar-refractivity contribution is 0.101. The van der Waals surface area contributed by atoms with Gasteiger partial charge in [-0.05, 0) is 24.6 Å². The molecule has 1 aromatic heterocycles. The highest BCUT2D eigenvalue weighted by Crippen LogP contribution is 2.27. The fraction of sp³-hybridized carbons (Fsp3) is 0.231. The number of rotatable bonds is 4. The maximum Gasteiger partial charge on any atom is 0.196 e. The van der Waals surface area contributed by atoms with E-state index in [1.807, 2.05) is 37.1 Å². The van der Waals surface area contributed by atoms with Crippen LogP contribution in [0.1, 0.15) is 16.1 Å². The molecule has 0 saturated carbocycles. The van der Waals surface area contributed by atoms with E-state index >= 15 is 0 Å². The SMILES string of the molecule is Cc1cccc(N(C)c2nc(C(=O)CCl)cs2)c1. The topological polar surface area (TPSA) is 33.2 Å². The quantitative estimate of drug-likeness (QED) is 0.633. The molecule has 2 aromatic rings. The number of anilines is 2. The highest BCUT2D eigenvalue weighted by atomic mass is 35.5. The molecule has 1 heterocycles. The van der Waals surface area contributed by atoms with E-state index in [1.165, 1.54) is 16.9 Å². The second-order valence-electron chi connectivity index (χ2n) is 3.97. The fourth-order valence-corrected chi connectivity index (χ4v) is 2.51. The monoisotopic (exact) mass is 280 g/mol. The van der Waals surface area contributed by atoms with Gasteiger partial charge in [0.05, 0.1) is 5.88 Å². The molecule has 0 aliphatic carbocycles. The second kappa shape index (κ2) is 5.50. The number of hydrogen-bond acceptors (Lipinski definition) is 4. The number of ketones is 1. The van der Waals surface area contributed by atoms with Gasteiger partial charge in [0.15, 0.2) is 10.9 Å². The summed E-state index contributed by atoms with van der Waals surface area (Å²) in [5, 5.41) is 2.53. The van der Waals surface area contributed by atoms with Crippen molar-refractivity contribution in [1.29, 1.82) is 0 Å². The van der Waals surface area contributed by atoms with E-state index in [0.717, 1.165) is 10.8 Å². The third-order valence-electron chi connectivity index (χ3n) is 2.58. The number of halogens is 1. The first-order valence-corrected chi connectivity index (χ1v) is 6.88. The fourth-order valence-electron chi connectivity index (χ4n) is 1.56. The molecule has 94 valence electrons. The van der Waals surface area contributed by atoms with Crippen molar-refractivity contribution in [2.24, 2.45) is 0 Å². The number of carbonyl (C=O) groups is 1. The minimum absolute atomic E-state index is 0.0304. The lowest BCUT2D eigenvalue weighted by atomic mass is 10.2. The Labute approximate surface area is 115 Å². The Kier molecular flexibility index (Phi) is 3.99. The molecule has 0 aliphatic heterocycles. The molecule has 5 heteroatoms. The van der Waals surface area contributed by atoms with E-state index in [-0.39, 0.29) is 11.7 Å². The van der Waals surface area contributed by atoms with Crippen molar-refractivity contribution in [3.63, 3.8) is 0 Å². The van der Waals surface area contributed by atoms with Gasteiger partial charge in [0.2, 0.25) is 0 Å². The highest BCUT2D eigenvalue weighted by molar-refractivity contribution is 7.14. The number of carbonyl (C=O) groups excluding carboxylic acids is 1. The van der Waals surface area contributed by atoms with Crippen LogP contribution in [-0.4, -0.2) is 23.7 Å². The van der Waals surface area contributed by atoms with Crippen molar-refractivity contribution in [3.05, 3.63) is 40.9 Å². The summed E-state index contributed by atoms with van der Waals surface area (Å²) in [4.78, 5) is 17.7. The number of aromatic nitrogens is 1. The summed E-state index contributed by atoms with van der Waals surface area (Å²) >= 11 is 6.95. The van der Waals surface area contributed by atoms with Crippen LogP contribution in [0.15, 0.2) is 29.6 Å². The molecule has 2 rings (SSSR count).